The highest BCUT2D eigenvalue weighted by Crippen LogP contribution is 2.29. The molecule has 0 unspecified atom stereocenters. The van der Waals surface area contributed by atoms with Gasteiger partial charge in [-0.1, -0.05) is 11.2 Å². The van der Waals surface area contributed by atoms with Crippen LogP contribution in [0.5, 0.6) is 0 Å². The lowest BCUT2D eigenvalue weighted by molar-refractivity contribution is 0.0563. The van der Waals surface area contributed by atoms with Crippen LogP contribution >= 0.6 is 0 Å². The Morgan fingerprint density at radius 2 is 2.15 bits per heavy atom. The minimum Gasteiger partial charge on any atom is -0.463 e. The number of amides is 1. The molecule has 1 amide bonds. The molecule has 1 saturated heterocycles. The molecule has 1 aliphatic heterocycles. The molecule has 1 aliphatic rings. The highest BCUT2D eigenvalue weighted by atomic mass is 16.5. The van der Waals surface area contributed by atoms with Crippen LogP contribution in [0, 0.1) is 0 Å². The molecule has 134 valence electrons. The molecule has 5 rings (SSSR count). The van der Waals surface area contributed by atoms with Crippen LogP contribution in [0.3, 0.4) is 0 Å². The van der Waals surface area contributed by atoms with Crippen LogP contribution in [0.4, 0.5) is 0 Å². The predicted octanol–water partition coefficient (Wildman–Crippen LogP) is 2.35. The average Bonchev–Trinajstić information content (AvgIpc) is 3.41. The van der Waals surface area contributed by atoms with E-state index in [0.29, 0.717) is 47.6 Å². The number of furan rings is 1. The number of carbonyl (C=O) groups is 1. The maximum Gasteiger partial charge on any atom is 0.274 e. The van der Waals surface area contributed by atoms with E-state index in [4.69, 9.17) is 8.94 Å². The lowest BCUT2D eigenvalue weighted by atomic mass is 9.99. The van der Waals surface area contributed by atoms with Gasteiger partial charge in [0.15, 0.2) is 11.5 Å². The van der Waals surface area contributed by atoms with Crippen molar-refractivity contribution in [2.24, 2.45) is 0 Å². The number of carbonyl (C=O) groups excluding carboxylic acids is 1. The fourth-order valence-corrected chi connectivity index (χ4v) is 2.95. The quantitative estimate of drug-likeness (QED) is 0.592. The summed E-state index contributed by atoms with van der Waals surface area (Å²) in [6, 6.07) is 10.8. The number of aromatic amines is 1. The number of H-pyrrole nitrogens is 1. The van der Waals surface area contributed by atoms with Crippen molar-refractivity contribution in [2.75, 3.05) is 13.1 Å². The molecule has 0 saturated carbocycles. The summed E-state index contributed by atoms with van der Waals surface area (Å²) in [6.07, 6.45) is 3.25. The highest BCUT2D eigenvalue weighted by Gasteiger charge is 2.37. The van der Waals surface area contributed by atoms with Crippen LogP contribution in [0.2, 0.25) is 0 Å². The average molecular weight is 362 g/mol. The smallest absolute Gasteiger partial charge is 0.274 e. The zero-order valence-corrected chi connectivity index (χ0v) is 14.1. The van der Waals surface area contributed by atoms with Gasteiger partial charge in [0.25, 0.3) is 5.91 Å². The number of likely N-dealkylation sites (tertiary alicyclic amines) is 1. The topological polar surface area (TPSA) is 114 Å². The van der Waals surface area contributed by atoms with Crippen LogP contribution in [0.1, 0.15) is 22.3 Å². The van der Waals surface area contributed by atoms with Crippen molar-refractivity contribution >= 4 is 5.91 Å². The molecular formula is C18H14N6O3. The molecule has 0 aliphatic carbocycles. The zero-order valence-electron chi connectivity index (χ0n) is 14.1. The number of nitrogens with one attached hydrogen (secondary N) is 1. The Balaban J connectivity index is 1.24. The van der Waals surface area contributed by atoms with Gasteiger partial charge in [-0.15, -0.1) is 0 Å². The third kappa shape index (κ3) is 2.78. The maximum absolute atomic E-state index is 12.5. The minimum absolute atomic E-state index is 0.0161. The number of nitrogens with zero attached hydrogens (tertiary/aromatic N) is 5. The van der Waals surface area contributed by atoms with Gasteiger partial charge >= 0.3 is 0 Å². The first-order chi connectivity index (χ1) is 13.3. The number of pyridine rings is 1. The van der Waals surface area contributed by atoms with E-state index in [1.807, 2.05) is 18.2 Å². The lowest BCUT2D eigenvalue weighted by Crippen LogP contribution is -2.48. The normalized spacial score (nSPS) is 14.3. The van der Waals surface area contributed by atoms with Crippen LogP contribution in [0.15, 0.2) is 57.8 Å². The van der Waals surface area contributed by atoms with Crippen LogP contribution in [-0.2, 0) is 0 Å². The fraction of sp³-hybridized carbons (Fsp3) is 0.167. The van der Waals surface area contributed by atoms with E-state index in [-0.39, 0.29) is 11.8 Å². The van der Waals surface area contributed by atoms with Crippen LogP contribution in [-0.4, -0.2) is 49.2 Å². The third-order valence-corrected chi connectivity index (χ3v) is 4.44. The highest BCUT2D eigenvalue weighted by molar-refractivity contribution is 5.93. The van der Waals surface area contributed by atoms with Gasteiger partial charge < -0.3 is 13.8 Å². The summed E-state index contributed by atoms with van der Waals surface area (Å²) < 4.78 is 10.6. The molecule has 0 aromatic carbocycles. The summed E-state index contributed by atoms with van der Waals surface area (Å²) in [5, 5.41) is 10.9. The van der Waals surface area contributed by atoms with E-state index in [9.17, 15) is 4.79 Å². The second-order valence-corrected chi connectivity index (χ2v) is 6.22. The molecule has 9 nitrogen and oxygen atoms in total. The maximum atomic E-state index is 12.5. The van der Waals surface area contributed by atoms with Crippen molar-refractivity contribution in [3.05, 3.63) is 60.4 Å². The molecule has 1 fully saturated rings. The molecule has 1 N–H and O–H groups in total. The van der Waals surface area contributed by atoms with Crippen molar-refractivity contribution in [3.8, 4) is 23.0 Å². The number of hydrogen-bond donors (Lipinski definition) is 1. The fourth-order valence-electron chi connectivity index (χ4n) is 2.95. The predicted molar refractivity (Wildman–Crippen MR) is 92.5 cm³/mol. The van der Waals surface area contributed by atoms with E-state index in [0.717, 1.165) is 0 Å². The van der Waals surface area contributed by atoms with E-state index in [1.165, 1.54) is 0 Å². The second-order valence-electron chi connectivity index (χ2n) is 6.22. The van der Waals surface area contributed by atoms with Crippen molar-refractivity contribution < 1.29 is 13.7 Å². The zero-order chi connectivity index (χ0) is 18.2. The first-order valence-corrected chi connectivity index (χ1v) is 8.41. The molecule has 0 atom stereocenters. The van der Waals surface area contributed by atoms with E-state index in [1.54, 1.807) is 35.6 Å². The second kappa shape index (κ2) is 6.20. The van der Waals surface area contributed by atoms with Gasteiger partial charge in [0.05, 0.1) is 12.2 Å². The van der Waals surface area contributed by atoms with Gasteiger partial charge in [0.2, 0.25) is 11.7 Å². The van der Waals surface area contributed by atoms with Crippen LogP contribution < -0.4 is 0 Å². The summed E-state index contributed by atoms with van der Waals surface area (Å²) in [5.41, 5.74) is 1.67. The molecule has 0 radical (unpaired) electrons. The van der Waals surface area contributed by atoms with Gasteiger partial charge in [0, 0.05) is 25.4 Å². The summed E-state index contributed by atoms with van der Waals surface area (Å²) >= 11 is 0. The summed E-state index contributed by atoms with van der Waals surface area (Å²) in [6.45, 7) is 1.01. The van der Waals surface area contributed by atoms with E-state index in [2.05, 4.69) is 25.3 Å². The Kier molecular flexibility index (Phi) is 3.56. The molecule has 5 heterocycles. The number of rotatable bonds is 4. The number of aromatic nitrogens is 5. The monoisotopic (exact) mass is 362 g/mol. The first kappa shape index (κ1) is 15.5. The van der Waals surface area contributed by atoms with E-state index >= 15 is 0 Å². The Bertz CT molecular complexity index is 1060. The van der Waals surface area contributed by atoms with Crippen molar-refractivity contribution in [1.82, 2.24) is 30.2 Å². The SMILES string of the molecule is O=C(c1cc(-c2ccco2)[nH]n1)N1CC(c2nc(-c3ccccn3)no2)C1. The lowest BCUT2D eigenvalue weighted by Gasteiger charge is -2.36. The standard InChI is InChI=1S/C18H14N6O3/c25-18(14-8-13(21-22-14)15-5-3-7-26-15)24-9-11(10-24)17-20-16(23-27-17)12-4-1-2-6-19-12/h1-8,11H,9-10H2,(H,21,22). The van der Waals surface area contributed by atoms with Crippen LogP contribution in [0.25, 0.3) is 23.0 Å². The van der Waals surface area contributed by atoms with Crippen molar-refractivity contribution in [2.45, 2.75) is 5.92 Å². The van der Waals surface area contributed by atoms with E-state index < -0.39 is 0 Å². The van der Waals surface area contributed by atoms with Gasteiger partial charge in [0.1, 0.15) is 11.4 Å². The Morgan fingerprint density at radius 3 is 2.93 bits per heavy atom. The Morgan fingerprint density at radius 1 is 1.22 bits per heavy atom. The molecular weight excluding hydrogens is 348 g/mol. The molecule has 27 heavy (non-hydrogen) atoms. The Labute approximate surface area is 153 Å². The summed E-state index contributed by atoms with van der Waals surface area (Å²) in [4.78, 5) is 22.8. The Hall–Kier alpha value is -3.75. The molecule has 0 bridgehead atoms. The van der Waals surface area contributed by atoms with Crippen molar-refractivity contribution in [1.29, 1.82) is 0 Å². The number of hydrogen-bond acceptors (Lipinski definition) is 7. The largest absolute Gasteiger partial charge is 0.463 e. The molecule has 0 spiro atoms. The third-order valence-electron chi connectivity index (χ3n) is 4.44. The van der Waals surface area contributed by atoms with Crippen molar-refractivity contribution in [3.63, 3.8) is 0 Å². The molecule has 9 heteroatoms. The molecule has 4 aromatic rings. The minimum atomic E-state index is -0.148. The van der Waals surface area contributed by atoms with Gasteiger partial charge in [-0.3, -0.25) is 14.9 Å². The van der Waals surface area contributed by atoms with Gasteiger partial charge in [-0.2, -0.15) is 10.1 Å². The summed E-state index contributed by atoms with van der Waals surface area (Å²) in [7, 11) is 0. The first-order valence-electron chi connectivity index (χ1n) is 8.41. The molecule has 4 aromatic heterocycles. The van der Waals surface area contributed by atoms with Gasteiger partial charge in [-0.05, 0) is 24.3 Å². The van der Waals surface area contributed by atoms with Gasteiger partial charge in [-0.25, -0.2) is 0 Å². The summed E-state index contributed by atoms with van der Waals surface area (Å²) in [5.74, 6) is 1.46.